The van der Waals surface area contributed by atoms with Crippen LogP contribution in [0.2, 0.25) is 0 Å². The molecule has 1 saturated heterocycles. The monoisotopic (exact) mass is 254 g/mol. The van der Waals surface area contributed by atoms with Crippen LogP contribution in [0.25, 0.3) is 0 Å². The van der Waals surface area contributed by atoms with Crippen LogP contribution >= 0.6 is 0 Å². The highest BCUT2D eigenvalue weighted by Crippen LogP contribution is 2.12. The second kappa shape index (κ2) is 9.76. The average molecular weight is 254 g/mol. The molecule has 1 aliphatic heterocycles. The van der Waals surface area contributed by atoms with E-state index in [2.05, 4.69) is 35.9 Å². The Kier molecular flexibility index (Phi) is 8.64. The van der Waals surface area contributed by atoms with Crippen LogP contribution in [-0.2, 0) is 0 Å². The van der Waals surface area contributed by atoms with Gasteiger partial charge in [0.2, 0.25) is 0 Å². The number of hydrogen-bond donors (Lipinski definition) is 0. The van der Waals surface area contributed by atoms with Crippen molar-refractivity contribution in [2.24, 2.45) is 0 Å². The van der Waals surface area contributed by atoms with Crippen molar-refractivity contribution < 1.29 is 0 Å². The number of likely N-dealkylation sites (N-methyl/N-ethyl adjacent to an activating group) is 1. The Labute approximate surface area is 114 Å². The normalized spacial score (nSPS) is 17.8. The maximum absolute atomic E-state index is 4.46. The summed E-state index contributed by atoms with van der Waals surface area (Å²) in [6.07, 6.45) is 5.09. The van der Waals surface area contributed by atoms with E-state index in [0.717, 1.165) is 19.1 Å². The fourth-order valence-corrected chi connectivity index (χ4v) is 2.94. The smallest absolute Gasteiger partial charge is 0.0148 e. The van der Waals surface area contributed by atoms with Crippen molar-refractivity contribution in [3.05, 3.63) is 0 Å². The van der Waals surface area contributed by atoms with Gasteiger partial charge in [-0.25, -0.2) is 5.32 Å². The quantitative estimate of drug-likeness (QED) is 0.629. The van der Waals surface area contributed by atoms with Gasteiger partial charge in [0.05, 0.1) is 0 Å². The minimum atomic E-state index is 0.789. The van der Waals surface area contributed by atoms with E-state index in [0.29, 0.717) is 0 Å². The topological polar surface area (TPSA) is 20.6 Å². The molecule has 0 aromatic heterocycles. The minimum absolute atomic E-state index is 0.789. The van der Waals surface area contributed by atoms with Crippen molar-refractivity contribution in [3.63, 3.8) is 0 Å². The van der Waals surface area contributed by atoms with Gasteiger partial charge < -0.3 is 4.90 Å². The fourth-order valence-electron chi connectivity index (χ4n) is 2.94. The zero-order valence-corrected chi connectivity index (χ0v) is 12.7. The molecule has 0 aliphatic carbocycles. The lowest BCUT2D eigenvalue weighted by Crippen LogP contribution is -2.45. The SMILES string of the molecule is CCCN(CCC)CCN(CC)C1CC[N]CC1. The van der Waals surface area contributed by atoms with E-state index >= 15 is 0 Å². The summed E-state index contributed by atoms with van der Waals surface area (Å²) in [7, 11) is 0. The molecule has 3 heteroatoms. The molecular formula is C15H32N3. The Morgan fingerprint density at radius 1 is 0.889 bits per heavy atom. The fraction of sp³-hybridized carbons (Fsp3) is 1.00. The van der Waals surface area contributed by atoms with Crippen LogP contribution in [0.1, 0.15) is 46.5 Å². The van der Waals surface area contributed by atoms with Gasteiger partial charge in [-0.3, -0.25) is 4.90 Å². The van der Waals surface area contributed by atoms with Gasteiger partial charge in [-0.1, -0.05) is 20.8 Å². The van der Waals surface area contributed by atoms with E-state index in [4.69, 9.17) is 0 Å². The second-order valence-electron chi connectivity index (χ2n) is 5.37. The van der Waals surface area contributed by atoms with Crippen molar-refractivity contribution in [1.82, 2.24) is 15.1 Å². The largest absolute Gasteiger partial charge is 0.302 e. The third-order valence-corrected chi connectivity index (χ3v) is 3.95. The lowest BCUT2D eigenvalue weighted by Gasteiger charge is -2.35. The van der Waals surface area contributed by atoms with Crippen LogP contribution < -0.4 is 5.32 Å². The predicted octanol–water partition coefficient (Wildman–Crippen LogP) is 2.20. The molecule has 0 aromatic carbocycles. The van der Waals surface area contributed by atoms with Gasteiger partial charge in [0, 0.05) is 32.2 Å². The summed E-state index contributed by atoms with van der Waals surface area (Å²) in [6.45, 7) is 15.2. The molecule has 0 atom stereocenters. The Morgan fingerprint density at radius 3 is 2.00 bits per heavy atom. The van der Waals surface area contributed by atoms with Crippen LogP contribution in [0, 0.1) is 0 Å². The Bertz CT molecular complexity index is 184. The number of piperidine rings is 1. The summed E-state index contributed by atoms with van der Waals surface area (Å²) in [5.74, 6) is 0. The first-order valence-corrected chi connectivity index (χ1v) is 7.91. The average Bonchev–Trinajstić information content (AvgIpc) is 2.41. The van der Waals surface area contributed by atoms with Crippen LogP contribution in [-0.4, -0.2) is 61.7 Å². The van der Waals surface area contributed by atoms with Gasteiger partial charge in [-0.2, -0.15) is 0 Å². The third kappa shape index (κ3) is 5.68. The van der Waals surface area contributed by atoms with Gasteiger partial charge in [0.1, 0.15) is 0 Å². The molecule has 18 heavy (non-hydrogen) atoms. The first kappa shape index (κ1) is 15.9. The summed E-state index contributed by atoms with van der Waals surface area (Å²) < 4.78 is 0. The van der Waals surface area contributed by atoms with E-state index in [9.17, 15) is 0 Å². The molecule has 0 N–H and O–H groups in total. The summed E-state index contributed by atoms with van der Waals surface area (Å²) in [4.78, 5) is 5.29. The second-order valence-corrected chi connectivity index (χ2v) is 5.37. The van der Waals surface area contributed by atoms with Crippen LogP contribution in [0.4, 0.5) is 0 Å². The molecule has 1 rings (SSSR count). The number of rotatable bonds is 9. The lowest BCUT2D eigenvalue weighted by molar-refractivity contribution is 0.142. The van der Waals surface area contributed by atoms with E-state index in [1.54, 1.807) is 0 Å². The van der Waals surface area contributed by atoms with Crippen molar-refractivity contribution >= 4 is 0 Å². The van der Waals surface area contributed by atoms with Crippen molar-refractivity contribution in [3.8, 4) is 0 Å². The van der Waals surface area contributed by atoms with E-state index in [1.807, 2.05) is 0 Å². The van der Waals surface area contributed by atoms with Gasteiger partial charge in [-0.15, -0.1) is 0 Å². The first-order chi connectivity index (χ1) is 8.81. The van der Waals surface area contributed by atoms with E-state index in [1.165, 1.54) is 58.4 Å². The Balaban J connectivity index is 2.31. The molecule has 0 spiro atoms. The van der Waals surface area contributed by atoms with Gasteiger partial charge in [0.15, 0.2) is 0 Å². The summed E-state index contributed by atoms with van der Waals surface area (Å²) >= 11 is 0. The standard InChI is InChI=1S/C15H32N3/c1-4-11-17(12-5-2)13-14-18(6-3)15-7-9-16-10-8-15/h15H,4-14H2,1-3H3. The van der Waals surface area contributed by atoms with Crippen molar-refractivity contribution in [1.29, 1.82) is 0 Å². The molecule has 0 saturated carbocycles. The van der Waals surface area contributed by atoms with E-state index < -0.39 is 0 Å². The minimum Gasteiger partial charge on any atom is -0.302 e. The highest BCUT2D eigenvalue weighted by Gasteiger charge is 2.20. The van der Waals surface area contributed by atoms with Crippen LogP contribution in [0.15, 0.2) is 0 Å². The maximum Gasteiger partial charge on any atom is 0.0148 e. The molecule has 1 radical (unpaired) electrons. The first-order valence-electron chi connectivity index (χ1n) is 7.91. The third-order valence-electron chi connectivity index (χ3n) is 3.95. The summed E-state index contributed by atoms with van der Waals surface area (Å²) in [6, 6.07) is 0.789. The molecule has 1 fully saturated rings. The predicted molar refractivity (Wildman–Crippen MR) is 79.2 cm³/mol. The molecule has 0 aromatic rings. The van der Waals surface area contributed by atoms with Crippen molar-refractivity contribution in [2.75, 3.05) is 45.8 Å². The summed E-state index contributed by atoms with van der Waals surface area (Å²) in [5.41, 5.74) is 0. The Morgan fingerprint density at radius 2 is 1.50 bits per heavy atom. The van der Waals surface area contributed by atoms with Gasteiger partial charge >= 0.3 is 0 Å². The molecule has 1 aliphatic rings. The molecule has 0 bridgehead atoms. The van der Waals surface area contributed by atoms with Crippen LogP contribution in [0.3, 0.4) is 0 Å². The molecule has 0 unspecified atom stereocenters. The maximum atomic E-state index is 4.46. The molecule has 1 heterocycles. The highest BCUT2D eigenvalue weighted by molar-refractivity contribution is 4.77. The lowest BCUT2D eigenvalue weighted by atomic mass is 10.0. The number of nitrogens with zero attached hydrogens (tertiary/aromatic N) is 3. The van der Waals surface area contributed by atoms with Crippen LogP contribution in [0.5, 0.6) is 0 Å². The highest BCUT2D eigenvalue weighted by atomic mass is 15.2. The summed E-state index contributed by atoms with van der Waals surface area (Å²) in [5, 5.41) is 4.46. The Hall–Kier alpha value is -0.120. The van der Waals surface area contributed by atoms with Crippen molar-refractivity contribution in [2.45, 2.75) is 52.5 Å². The zero-order valence-electron chi connectivity index (χ0n) is 12.7. The van der Waals surface area contributed by atoms with E-state index in [-0.39, 0.29) is 0 Å². The molecular weight excluding hydrogens is 222 g/mol. The zero-order chi connectivity index (χ0) is 13.2. The molecule has 107 valence electrons. The molecule has 0 amide bonds. The number of hydrogen-bond acceptors (Lipinski definition) is 2. The van der Waals surface area contributed by atoms with Gasteiger partial charge in [-0.05, 0) is 45.3 Å². The van der Waals surface area contributed by atoms with Gasteiger partial charge in [0.25, 0.3) is 0 Å². The molecule has 3 nitrogen and oxygen atoms in total.